The second-order valence-electron chi connectivity index (χ2n) is 6.34. The van der Waals surface area contributed by atoms with Gasteiger partial charge >= 0.3 is 0 Å². The van der Waals surface area contributed by atoms with E-state index in [0.717, 1.165) is 42.4 Å². The zero-order valence-electron chi connectivity index (χ0n) is 12.6. The number of amides is 2. The van der Waals surface area contributed by atoms with Crippen LogP contribution in [0.2, 0.25) is 0 Å². The lowest BCUT2D eigenvalue weighted by molar-refractivity contribution is -0.140. The molecule has 2 unspecified atom stereocenters. The van der Waals surface area contributed by atoms with Crippen LogP contribution in [-0.2, 0) is 16.1 Å². The lowest BCUT2D eigenvalue weighted by Crippen LogP contribution is -2.30. The van der Waals surface area contributed by atoms with Gasteiger partial charge in [-0.25, -0.2) is 0 Å². The first-order chi connectivity index (χ1) is 9.99. The van der Waals surface area contributed by atoms with Gasteiger partial charge in [0.25, 0.3) is 0 Å². The van der Waals surface area contributed by atoms with E-state index >= 15 is 0 Å². The Hall–Kier alpha value is -1.84. The van der Waals surface area contributed by atoms with Crippen molar-refractivity contribution in [2.45, 2.75) is 46.1 Å². The molecule has 0 spiro atoms. The second-order valence-corrected chi connectivity index (χ2v) is 6.34. The summed E-state index contributed by atoms with van der Waals surface area (Å²) >= 11 is 0. The maximum absolute atomic E-state index is 12.4. The van der Waals surface area contributed by atoms with E-state index in [0.29, 0.717) is 6.54 Å². The molecule has 1 aromatic carbocycles. The molecule has 2 fully saturated rings. The minimum atomic E-state index is -0.0921. The van der Waals surface area contributed by atoms with E-state index in [-0.39, 0.29) is 29.4 Å². The Kier molecular flexibility index (Phi) is 3.47. The first-order valence-corrected chi connectivity index (χ1v) is 7.63. The Morgan fingerprint density at radius 2 is 1.52 bits per heavy atom. The van der Waals surface area contributed by atoms with Crippen LogP contribution in [0.15, 0.2) is 12.1 Å². The molecule has 2 atom stereocenters. The molecule has 1 saturated heterocycles. The number of carbonyl (C=O) groups is 2. The lowest BCUT2D eigenvalue weighted by atomic mass is 9.81. The highest BCUT2D eigenvalue weighted by Gasteiger charge is 2.47. The van der Waals surface area contributed by atoms with Crippen molar-refractivity contribution >= 4 is 11.8 Å². The molecule has 1 aliphatic heterocycles. The molecular weight excluding hydrogens is 266 g/mol. The van der Waals surface area contributed by atoms with Gasteiger partial charge in [-0.2, -0.15) is 0 Å². The summed E-state index contributed by atoms with van der Waals surface area (Å²) < 4.78 is 0. The second kappa shape index (κ2) is 5.17. The largest absolute Gasteiger partial charge is 0.507 e. The zero-order chi connectivity index (χ0) is 15.1. The van der Waals surface area contributed by atoms with Crippen molar-refractivity contribution in [2.75, 3.05) is 0 Å². The predicted octanol–water partition coefficient (Wildman–Crippen LogP) is 2.68. The summed E-state index contributed by atoms with van der Waals surface area (Å²) in [5.41, 5.74) is 2.46. The molecule has 1 N–H and O–H groups in total. The van der Waals surface area contributed by atoms with Crippen molar-refractivity contribution in [3.05, 3.63) is 28.8 Å². The van der Waals surface area contributed by atoms with Gasteiger partial charge in [0.15, 0.2) is 0 Å². The Morgan fingerprint density at radius 3 is 2.00 bits per heavy atom. The van der Waals surface area contributed by atoms with Crippen LogP contribution in [0.5, 0.6) is 5.75 Å². The molecule has 4 heteroatoms. The van der Waals surface area contributed by atoms with Crippen LogP contribution in [0.3, 0.4) is 0 Å². The smallest absolute Gasteiger partial charge is 0.233 e. The molecule has 4 nitrogen and oxygen atoms in total. The van der Waals surface area contributed by atoms with Gasteiger partial charge in [0.05, 0.1) is 18.4 Å². The Labute approximate surface area is 124 Å². The van der Waals surface area contributed by atoms with Gasteiger partial charge in [-0.15, -0.1) is 0 Å². The number of aromatic hydroxyl groups is 1. The fraction of sp³-hybridized carbons (Fsp3) is 0.529. The number of hydrogen-bond acceptors (Lipinski definition) is 3. The van der Waals surface area contributed by atoms with E-state index in [1.807, 2.05) is 26.0 Å². The topological polar surface area (TPSA) is 57.6 Å². The van der Waals surface area contributed by atoms with Gasteiger partial charge in [0.2, 0.25) is 11.8 Å². The predicted molar refractivity (Wildman–Crippen MR) is 78.6 cm³/mol. The summed E-state index contributed by atoms with van der Waals surface area (Å²) in [7, 11) is 0. The third-order valence-electron chi connectivity index (χ3n) is 4.82. The maximum Gasteiger partial charge on any atom is 0.233 e. The normalized spacial score (nSPS) is 25.3. The average Bonchev–Trinajstić information content (AvgIpc) is 2.70. The van der Waals surface area contributed by atoms with Crippen molar-refractivity contribution in [1.29, 1.82) is 0 Å². The maximum atomic E-state index is 12.4. The molecular formula is C17H21NO3. The molecule has 112 valence electrons. The first-order valence-electron chi connectivity index (χ1n) is 7.63. The van der Waals surface area contributed by atoms with Crippen molar-refractivity contribution in [2.24, 2.45) is 11.8 Å². The van der Waals surface area contributed by atoms with Crippen LogP contribution in [0.1, 0.15) is 42.4 Å². The van der Waals surface area contributed by atoms with Crippen molar-refractivity contribution < 1.29 is 14.7 Å². The van der Waals surface area contributed by atoms with Crippen LogP contribution in [0.4, 0.5) is 0 Å². The summed E-state index contributed by atoms with van der Waals surface area (Å²) in [5, 5.41) is 9.82. The van der Waals surface area contributed by atoms with Gasteiger partial charge < -0.3 is 5.11 Å². The first kappa shape index (κ1) is 14.1. The van der Waals surface area contributed by atoms with Crippen LogP contribution in [-0.4, -0.2) is 21.8 Å². The summed E-state index contributed by atoms with van der Waals surface area (Å²) in [6.45, 7) is 3.99. The highest BCUT2D eigenvalue weighted by atomic mass is 16.3. The van der Waals surface area contributed by atoms with Crippen LogP contribution >= 0.6 is 0 Å². The molecule has 0 radical (unpaired) electrons. The molecule has 0 bridgehead atoms. The number of phenolic OH excluding ortho intramolecular Hbond substituents is 1. The molecule has 1 aliphatic carbocycles. The summed E-state index contributed by atoms with van der Waals surface area (Å²) in [4.78, 5) is 26.3. The van der Waals surface area contributed by atoms with E-state index in [9.17, 15) is 14.7 Å². The fourth-order valence-corrected chi connectivity index (χ4v) is 3.71. The van der Waals surface area contributed by atoms with Gasteiger partial charge in [-0.3, -0.25) is 14.5 Å². The number of carbonyl (C=O) groups excluding carboxylic acids is 2. The van der Waals surface area contributed by atoms with E-state index < -0.39 is 0 Å². The van der Waals surface area contributed by atoms with E-state index in [1.54, 1.807) is 0 Å². The quantitative estimate of drug-likeness (QED) is 0.851. The number of imide groups is 1. The summed E-state index contributed by atoms with van der Waals surface area (Å²) in [6.07, 6.45) is 3.79. The van der Waals surface area contributed by atoms with Crippen molar-refractivity contribution in [3.63, 3.8) is 0 Å². The Morgan fingerprint density at radius 1 is 1.05 bits per heavy atom. The van der Waals surface area contributed by atoms with Gasteiger partial charge in [0.1, 0.15) is 5.75 Å². The number of aryl methyl sites for hydroxylation is 2. The van der Waals surface area contributed by atoms with Crippen LogP contribution in [0, 0.1) is 25.7 Å². The third-order valence-corrected chi connectivity index (χ3v) is 4.82. The molecule has 21 heavy (non-hydrogen) atoms. The minimum absolute atomic E-state index is 0.00641. The zero-order valence-corrected chi connectivity index (χ0v) is 12.6. The van der Waals surface area contributed by atoms with E-state index in [2.05, 4.69) is 0 Å². The lowest BCUT2D eigenvalue weighted by Gasteiger charge is -2.19. The Balaban J connectivity index is 1.85. The van der Waals surface area contributed by atoms with E-state index in [1.165, 1.54) is 4.90 Å². The third kappa shape index (κ3) is 2.33. The monoisotopic (exact) mass is 287 g/mol. The highest BCUT2D eigenvalue weighted by Crippen LogP contribution is 2.38. The van der Waals surface area contributed by atoms with E-state index in [4.69, 9.17) is 0 Å². The fourth-order valence-electron chi connectivity index (χ4n) is 3.71. The summed E-state index contributed by atoms with van der Waals surface area (Å²) in [5.74, 6) is 0.0868. The molecule has 1 aromatic rings. The SMILES string of the molecule is Cc1cc(CN2C(=O)C3CCCCC3C2=O)cc(C)c1O. The number of nitrogens with zero attached hydrogens (tertiary/aromatic N) is 1. The molecule has 3 rings (SSSR count). The summed E-state index contributed by atoms with van der Waals surface area (Å²) in [6, 6.07) is 3.70. The average molecular weight is 287 g/mol. The van der Waals surface area contributed by atoms with Crippen molar-refractivity contribution in [1.82, 2.24) is 4.90 Å². The number of hydrogen-bond donors (Lipinski definition) is 1. The molecule has 2 aliphatic rings. The minimum Gasteiger partial charge on any atom is -0.507 e. The van der Waals surface area contributed by atoms with Crippen molar-refractivity contribution in [3.8, 4) is 5.75 Å². The Bertz CT molecular complexity index is 561. The molecule has 0 aromatic heterocycles. The number of benzene rings is 1. The number of phenols is 1. The number of rotatable bonds is 2. The van der Waals surface area contributed by atoms with Crippen LogP contribution < -0.4 is 0 Å². The standard InChI is InChI=1S/C17H21NO3/c1-10-7-12(8-11(2)15(10)19)9-18-16(20)13-5-3-4-6-14(13)17(18)21/h7-8,13-14,19H,3-6,9H2,1-2H3. The molecule has 1 heterocycles. The molecule has 2 amide bonds. The van der Waals surface area contributed by atoms with Crippen LogP contribution in [0.25, 0.3) is 0 Å². The van der Waals surface area contributed by atoms with Gasteiger partial charge in [0, 0.05) is 0 Å². The van der Waals surface area contributed by atoms with Gasteiger partial charge in [-0.1, -0.05) is 25.0 Å². The molecule has 1 saturated carbocycles. The number of likely N-dealkylation sites (tertiary alicyclic amines) is 1. The number of fused-ring (bicyclic) bond motifs is 1. The highest BCUT2D eigenvalue weighted by molar-refractivity contribution is 6.05. The van der Waals surface area contributed by atoms with Gasteiger partial charge in [-0.05, 0) is 43.4 Å².